The van der Waals surface area contributed by atoms with E-state index < -0.39 is 10.0 Å². The molecule has 0 N–H and O–H groups in total. The lowest BCUT2D eigenvalue weighted by molar-refractivity contribution is 0.0620. The van der Waals surface area contributed by atoms with E-state index in [4.69, 9.17) is 27.9 Å². The number of sulfonamides is 1. The van der Waals surface area contributed by atoms with Crippen molar-refractivity contribution in [1.82, 2.24) is 14.1 Å². The van der Waals surface area contributed by atoms with Gasteiger partial charge in [0.15, 0.2) is 0 Å². The van der Waals surface area contributed by atoms with Crippen LogP contribution in [0.15, 0.2) is 47.4 Å². The second-order valence-electron chi connectivity index (χ2n) is 7.37. The number of ether oxygens (including phenoxy) is 1. The van der Waals surface area contributed by atoms with Gasteiger partial charge in [-0.1, -0.05) is 23.2 Å². The van der Waals surface area contributed by atoms with Crippen LogP contribution in [0.2, 0.25) is 10.0 Å². The Hall–Kier alpha value is -1.84. The van der Waals surface area contributed by atoms with E-state index in [1.807, 2.05) is 12.1 Å². The predicted molar refractivity (Wildman–Crippen MR) is 122 cm³/mol. The highest BCUT2D eigenvalue weighted by molar-refractivity contribution is 7.89. The third-order valence-corrected chi connectivity index (χ3v) is 7.49. The number of nitrogens with zero attached hydrogens (tertiary/aromatic N) is 3. The SMILES string of the molecule is CN(C)S(=O)(=O)c1ccc(Cl)c(C(=O)N2CCN(CCOc3ccc(Cl)cc3)CC2)c1. The molecule has 31 heavy (non-hydrogen) atoms. The average Bonchev–Trinajstić information content (AvgIpc) is 2.75. The lowest BCUT2D eigenvalue weighted by Gasteiger charge is -2.34. The van der Waals surface area contributed by atoms with Crippen molar-refractivity contribution >= 4 is 39.1 Å². The van der Waals surface area contributed by atoms with Crippen molar-refractivity contribution < 1.29 is 17.9 Å². The fourth-order valence-electron chi connectivity index (χ4n) is 3.21. The maximum Gasteiger partial charge on any atom is 0.255 e. The van der Waals surface area contributed by atoms with Crippen molar-refractivity contribution in [2.75, 3.05) is 53.4 Å². The van der Waals surface area contributed by atoms with Crippen molar-refractivity contribution in [3.8, 4) is 5.75 Å². The molecular formula is C21H25Cl2N3O4S. The maximum absolute atomic E-state index is 13.0. The summed E-state index contributed by atoms with van der Waals surface area (Å²) in [4.78, 5) is 16.9. The molecule has 7 nitrogen and oxygen atoms in total. The fraction of sp³-hybridized carbons (Fsp3) is 0.381. The predicted octanol–water partition coefficient (Wildman–Crippen LogP) is 3.08. The van der Waals surface area contributed by atoms with Gasteiger partial charge in [-0.25, -0.2) is 12.7 Å². The minimum Gasteiger partial charge on any atom is -0.492 e. The molecule has 1 fully saturated rings. The summed E-state index contributed by atoms with van der Waals surface area (Å²) in [6.45, 7) is 3.72. The number of halogens is 2. The second kappa shape index (κ2) is 10.2. The molecule has 168 valence electrons. The van der Waals surface area contributed by atoms with Crippen molar-refractivity contribution in [2.24, 2.45) is 0 Å². The molecule has 1 aliphatic heterocycles. The second-order valence-corrected chi connectivity index (χ2v) is 10.4. The maximum atomic E-state index is 13.0. The number of hydrogen-bond donors (Lipinski definition) is 0. The summed E-state index contributed by atoms with van der Waals surface area (Å²) in [5.41, 5.74) is 0.198. The van der Waals surface area contributed by atoms with Gasteiger partial charge in [-0.15, -0.1) is 0 Å². The zero-order valence-electron chi connectivity index (χ0n) is 17.4. The fourth-order valence-corrected chi connectivity index (χ4v) is 4.46. The third-order valence-electron chi connectivity index (χ3n) is 5.10. The van der Waals surface area contributed by atoms with Gasteiger partial charge in [0.25, 0.3) is 5.91 Å². The van der Waals surface area contributed by atoms with Crippen molar-refractivity contribution in [1.29, 1.82) is 0 Å². The topological polar surface area (TPSA) is 70.2 Å². The van der Waals surface area contributed by atoms with Crippen molar-refractivity contribution in [3.05, 3.63) is 58.1 Å². The first-order chi connectivity index (χ1) is 14.7. The summed E-state index contributed by atoms with van der Waals surface area (Å²) in [6, 6.07) is 11.4. The van der Waals surface area contributed by atoms with Crippen LogP contribution in [-0.2, 0) is 10.0 Å². The molecule has 3 rings (SSSR count). The number of hydrogen-bond acceptors (Lipinski definition) is 5. The van der Waals surface area contributed by atoms with E-state index >= 15 is 0 Å². The van der Waals surface area contributed by atoms with Gasteiger partial charge >= 0.3 is 0 Å². The Labute approximate surface area is 193 Å². The molecule has 0 aliphatic carbocycles. The minimum atomic E-state index is -3.65. The lowest BCUT2D eigenvalue weighted by Crippen LogP contribution is -2.49. The molecule has 1 saturated heterocycles. The molecule has 1 aliphatic rings. The first kappa shape index (κ1) is 23.8. The highest BCUT2D eigenvalue weighted by atomic mass is 35.5. The average molecular weight is 486 g/mol. The standard InChI is InChI=1S/C21H25Cl2N3O4S/c1-24(2)31(28,29)18-7-8-20(23)19(15-18)21(27)26-11-9-25(10-12-26)13-14-30-17-5-3-16(22)4-6-17/h3-8,15H,9-14H2,1-2H3. The van der Waals surface area contributed by atoms with E-state index in [-0.39, 0.29) is 21.4 Å². The molecule has 10 heteroatoms. The van der Waals surface area contributed by atoms with E-state index in [0.29, 0.717) is 37.8 Å². The van der Waals surface area contributed by atoms with Crippen LogP contribution in [0.1, 0.15) is 10.4 Å². The zero-order chi connectivity index (χ0) is 22.6. The Morgan fingerprint density at radius 2 is 1.68 bits per heavy atom. The van der Waals surface area contributed by atoms with Gasteiger partial charge in [-0.3, -0.25) is 9.69 Å². The van der Waals surface area contributed by atoms with E-state index in [9.17, 15) is 13.2 Å². The van der Waals surface area contributed by atoms with Crippen LogP contribution < -0.4 is 4.74 Å². The molecule has 2 aromatic carbocycles. The van der Waals surface area contributed by atoms with Gasteiger partial charge in [0.05, 0.1) is 15.5 Å². The molecule has 1 amide bonds. The van der Waals surface area contributed by atoms with Crippen LogP contribution in [0.3, 0.4) is 0 Å². The Bertz CT molecular complexity index is 1020. The van der Waals surface area contributed by atoms with Crippen LogP contribution >= 0.6 is 23.2 Å². The van der Waals surface area contributed by atoms with E-state index in [1.54, 1.807) is 17.0 Å². The summed E-state index contributed by atoms with van der Waals surface area (Å²) in [6.07, 6.45) is 0. The summed E-state index contributed by atoms with van der Waals surface area (Å²) >= 11 is 12.1. The zero-order valence-corrected chi connectivity index (χ0v) is 19.8. The number of carbonyl (C=O) groups excluding carboxylic acids is 1. The summed E-state index contributed by atoms with van der Waals surface area (Å²) in [7, 11) is -0.759. The van der Waals surface area contributed by atoms with E-state index in [1.165, 1.54) is 32.3 Å². The molecule has 0 spiro atoms. The highest BCUT2D eigenvalue weighted by Crippen LogP contribution is 2.24. The number of piperazine rings is 1. The summed E-state index contributed by atoms with van der Waals surface area (Å²) < 4.78 is 31.6. The summed E-state index contributed by atoms with van der Waals surface area (Å²) in [5.74, 6) is 0.498. The van der Waals surface area contributed by atoms with Crippen LogP contribution in [0.5, 0.6) is 5.75 Å². The van der Waals surface area contributed by atoms with Gasteiger partial charge in [-0.05, 0) is 42.5 Å². The Balaban J connectivity index is 1.56. The van der Waals surface area contributed by atoms with E-state index in [2.05, 4.69) is 4.90 Å². The van der Waals surface area contributed by atoms with Gasteiger partial charge in [0.2, 0.25) is 10.0 Å². The normalized spacial score (nSPS) is 15.3. The Morgan fingerprint density at radius 1 is 1.03 bits per heavy atom. The minimum absolute atomic E-state index is 0.0447. The van der Waals surface area contributed by atoms with Gasteiger partial charge < -0.3 is 9.64 Å². The number of rotatable bonds is 7. The van der Waals surface area contributed by atoms with Crippen LogP contribution in [0.4, 0.5) is 0 Å². The smallest absolute Gasteiger partial charge is 0.255 e. The molecular weight excluding hydrogens is 461 g/mol. The monoisotopic (exact) mass is 485 g/mol. The quantitative estimate of drug-likeness (QED) is 0.602. The van der Waals surface area contributed by atoms with Gasteiger partial charge in [0.1, 0.15) is 12.4 Å². The number of benzene rings is 2. The van der Waals surface area contributed by atoms with Crippen molar-refractivity contribution in [3.63, 3.8) is 0 Å². The summed E-state index contributed by atoms with van der Waals surface area (Å²) in [5, 5.41) is 0.902. The Morgan fingerprint density at radius 3 is 2.29 bits per heavy atom. The van der Waals surface area contributed by atoms with Crippen LogP contribution in [0, 0.1) is 0 Å². The van der Waals surface area contributed by atoms with Crippen LogP contribution in [0.25, 0.3) is 0 Å². The molecule has 0 saturated carbocycles. The third kappa shape index (κ3) is 5.90. The van der Waals surface area contributed by atoms with Gasteiger partial charge in [-0.2, -0.15) is 0 Å². The highest BCUT2D eigenvalue weighted by Gasteiger charge is 2.26. The molecule has 0 aromatic heterocycles. The van der Waals surface area contributed by atoms with E-state index in [0.717, 1.165) is 16.6 Å². The molecule has 0 bridgehead atoms. The first-order valence-electron chi connectivity index (χ1n) is 9.80. The van der Waals surface area contributed by atoms with Crippen LogP contribution in [-0.4, -0.2) is 81.9 Å². The number of amides is 1. The lowest BCUT2D eigenvalue weighted by atomic mass is 10.1. The largest absolute Gasteiger partial charge is 0.492 e. The molecule has 2 aromatic rings. The van der Waals surface area contributed by atoms with Gasteiger partial charge in [0, 0.05) is 51.8 Å². The number of carbonyl (C=O) groups is 1. The molecule has 0 atom stereocenters. The Kier molecular flexibility index (Phi) is 7.82. The molecule has 1 heterocycles. The van der Waals surface area contributed by atoms with Crippen molar-refractivity contribution in [2.45, 2.75) is 4.90 Å². The molecule has 0 radical (unpaired) electrons. The first-order valence-corrected chi connectivity index (χ1v) is 12.0. The molecule has 0 unspecified atom stereocenters.